The van der Waals surface area contributed by atoms with Crippen LogP contribution in [0.4, 0.5) is 5.69 Å². The molecule has 2 aromatic carbocycles. The van der Waals surface area contributed by atoms with Gasteiger partial charge in [-0.25, -0.2) is 0 Å². The summed E-state index contributed by atoms with van der Waals surface area (Å²) in [5.41, 5.74) is 0.796. The number of hydrogen-bond donors (Lipinski definition) is 1. The Labute approximate surface area is 132 Å². The minimum atomic E-state index is -0.464. The highest BCUT2D eigenvalue weighted by Crippen LogP contribution is 2.16. The highest BCUT2D eigenvalue weighted by atomic mass is 16.5. The molecule has 0 aliphatic heterocycles. The Balaban J connectivity index is 2.00. The number of unbranched alkanes of at least 4 members (excludes halogenated alkanes) is 2. The Hall–Kier alpha value is -2.29. The molecule has 2 aromatic rings. The number of carbonyl (C=O) groups excluding carboxylic acids is 1. The van der Waals surface area contributed by atoms with E-state index in [2.05, 4.69) is 12.2 Å². The molecule has 3 nitrogen and oxygen atoms in total. The minimum absolute atomic E-state index is 0.0915. The van der Waals surface area contributed by atoms with Gasteiger partial charge in [0.2, 0.25) is 0 Å². The first kappa shape index (κ1) is 16.1. The fraction of sp³-hybridized carbons (Fsp3) is 0.316. The number of rotatable bonds is 8. The van der Waals surface area contributed by atoms with Gasteiger partial charge in [-0.05, 0) is 37.1 Å². The second-order valence-electron chi connectivity index (χ2n) is 5.27. The van der Waals surface area contributed by atoms with Crippen LogP contribution in [-0.2, 0) is 4.79 Å². The van der Waals surface area contributed by atoms with Crippen molar-refractivity contribution in [3.05, 3.63) is 60.7 Å². The molecule has 22 heavy (non-hydrogen) atoms. The van der Waals surface area contributed by atoms with Crippen LogP contribution in [0.1, 0.15) is 32.6 Å². The van der Waals surface area contributed by atoms with E-state index >= 15 is 0 Å². The number of amides is 1. The van der Waals surface area contributed by atoms with Crippen LogP contribution in [-0.4, -0.2) is 12.0 Å². The lowest BCUT2D eigenvalue weighted by atomic mass is 10.1. The lowest BCUT2D eigenvalue weighted by molar-refractivity contribution is -0.123. The summed E-state index contributed by atoms with van der Waals surface area (Å²) in [6.07, 6.45) is 3.47. The molecule has 0 aliphatic rings. The van der Waals surface area contributed by atoms with Crippen molar-refractivity contribution in [1.29, 1.82) is 0 Å². The third-order valence-corrected chi connectivity index (χ3v) is 3.43. The van der Waals surface area contributed by atoms with E-state index in [1.54, 1.807) is 0 Å². The van der Waals surface area contributed by atoms with E-state index in [4.69, 9.17) is 4.74 Å². The van der Waals surface area contributed by atoms with Gasteiger partial charge in [0.1, 0.15) is 5.75 Å². The number of benzene rings is 2. The molecule has 0 aromatic heterocycles. The van der Waals surface area contributed by atoms with Crippen LogP contribution >= 0.6 is 0 Å². The Morgan fingerprint density at radius 3 is 2.27 bits per heavy atom. The van der Waals surface area contributed by atoms with E-state index in [-0.39, 0.29) is 5.91 Å². The monoisotopic (exact) mass is 297 g/mol. The average molecular weight is 297 g/mol. The van der Waals surface area contributed by atoms with Crippen molar-refractivity contribution in [2.75, 3.05) is 5.32 Å². The van der Waals surface area contributed by atoms with Crippen LogP contribution in [0.5, 0.6) is 5.75 Å². The quantitative estimate of drug-likeness (QED) is 0.720. The molecule has 3 heteroatoms. The van der Waals surface area contributed by atoms with Crippen molar-refractivity contribution in [3.63, 3.8) is 0 Å². The maximum atomic E-state index is 12.5. The van der Waals surface area contributed by atoms with Crippen molar-refractivity contribution >= 4 is 11.6 Å². The van der Waals surface area contributed by atoms with Gasteiger partial charge in [0.25, 0.3) is 5.91 Å². The smallest absolute Gasteiger partial charge is 0.265 e. The predicted octanol–water partition coefficient (Wildman–Crippen LogP) is 4.65. The van der Waals surface area contributed by atoms with Crippen molar-refractivity contribution in [1.82, 2.24) is 0 Å². The first-order valence-corrected chi connectivity index (χ1v) is 7.87. The van der Waals surface area contributed by atoms with Gasteiger partial charge in [-0.15, -0.1) is 0 Å². The molecule has 0 fully saturated rings. The Morgan fingerprint density at radius 2 is 1.64 bits per heavy atom. The second-order valence-corrected chi connectivity index (χ2v) is 5.27. The number of carbonyl (C=O) groups is 1. The maximum Gasteiger partial charge on any atom is 0.265 e. The number of anilines is 1. The molecule has 1 amide bonds. The van der Waals surface area contributed by atoms with E-state index in [9.17, 15) is 4.79 Å². The van der Waals surface area contributed by atoms with Gasteiger partial charge in [-0.1, -0.05) is 56.2 Å². The van der Waals surface area contributed by atoms with Crippen LogP contribution < -0.4 is 10.1 Å². The second kappa shape index (κ2) is 8.88. The van der Waals surface area contributed by atoms with Crippen molar-refractivity contribution in [3.8, 4) is 5.75 Å². The highest BCUT2D eigenvalue weighted by molar-refractivity contribution is 5.94. The summed E-state index contributed by atoms with van der Waals surface area (Å²) in [6, 6.07) is 19.0. The Kier molecular flexibility index (Phi) is 6.49. The molecule has 1 unspecified atom stereocenters. The van der Waals surface area contributed by atoms with Crippen molar-refractivity contribution in [2.24, 2.45) is 0 Å². The molecule has 116 valence electrons. The van der Waals surface area contributed by atoms with Crippen LogP contribution in [0.3, 0.4) is 0 Å². The zero-order valence-corrected chi connectivity index (χ0v) is 13.0. The summed E-state index contributed by atoms with van der Waals surface area (Å²) >= 11 is 0. The fourth-order valence-electron chi connectivity index (χ4n) is 2.23. The molecule has 0 saturated carbocycles. The largest absolute Gasteiger partial charge is 0.481 e. The van der Waals surface area contributed by atoms with Gasteiger partial charge in [-0.3, -0.25) is 4.79 Å². The standard InChI is InChI=1S/C19H23NO2/c1-2-3-6-15-18(22-17-13-9-5-10-14-17)19(21)20-16-11-7-4-8-12-16/h4-5,7-14,18H,2-3,6,15H2,1H3,(H,20,21). The SMILES string of the molecule is CCCCCC(Oc1ccccc1)C(=O)Nc1ccccc1. The molecule has 0 radical (unpaired) electrons. The van der Waals surface area contributed by atoms with Crippen molar-refractivity contribution in [2.45, 2.75) is 38.7 Å². The molecule has 0 heterocycles. The lowest BCUT2D eigenvalue weighted by Gasteiger charge is -2.18. The predicted molar refractivity (Wildman–Crippen MR) is 90.1 cm³/mol. The maximum absolute atomic E-state index is 12.5. The van der Waals surface area contributed by atoms with Gasteiger partial charge in [0.05, 0.1) is 0 Å². The molecule has 0 saturated heterocycles. The van der Waals surface area contributed by atoms with E-state index in [0.29, 0.717) is 0 Å². The zero-order valence-electron chi connectivity index (χ0n) is 13.0. The Bertz CT molecular complexity index is 554. The van der Waals surface area contributed by atoms with E-state index < -0.39 is 6.10 Å². The van der Waals surface area contributed by atoms with Gasteiger partial charge in [0.15, 0.2) is 6.10 Å². The summed E-state index contributed by atoms with van der Waals surface area (Å²) in [7, 11) is 0. The number of para-hydroxylation sites is 2. The minimum Gasteiger partial charge on any atom is -0.481 e. The first-order chi connectivity index (χ1) is 10.8. The third kappa shape index (κ3) is 5.24. The molecule has 0 spiro atoms. The van der Waals surface area contributed by atoms with Crippen LogP contribution in [0.15, 0.2) is 60.7 Å². The van der Waals surface area contributed by atoms with Gasteiger partial charge >= 0.3 is 0 Å². The zero-order chi connectivity index (χ0) is 15.6. The highest BCUT2D eigenvalue weighted by Gasteiger charge is 2.20. The summed E-state index contributed by atoms with van der Waals surface area (Å²) < 4.78 is 5.88. The number of nitrogens with one attached hydrogen (secondary N) is 1. The number of ether oxygens (including phenoxy) is 1. The summed E-state index contributed by atoms with van der Waals surface area (Å²) in [6.45, 7) is 2.15. The summed E-state index contributed by atoms with van der Waals surface area (Å²) in [5, 5.41) is 2.93. The number of hydrogen-bond acceptors (Lipinski definition) is 2. The molecule has 1 N–H and O–H groups in total. The van der Waals surface area contributed by atoms with Gasteiger partial charge in [0, 0.05) is 5.69 Å². The fourth-order valence-corrected chi connectivity index (χ4v) is 2.23. The third-order valence-electron chi connectivity index (χ3n) is 3.43. The van der Waals surface area contributed by atoms with Crippen molar-refractivity contribution < 1.29 is 9.53 Å². The van der Waals surface area contributed by atoms with E-state index in [1.165, 1.54) is 0 Å². The Morgan fingerprint density at radius 1 is 1.00 bits per heavy atom. The lowest BCUT2D eigenvalue weighted by Crippen LogP contribution is -2.33. The van der Waals surface area contributed by atoms with Crippen LogP contribution in [0.25, 0.3) is 0 Å². The molecular weight excluding hydrogens is 274 g/mol. The van der Waals surface area contributed by atoms with E-state index in [1.807, 2.05) is 60.7 Å². The first-order valence-electron chi connectivity index (χ1n) is 7.87. The topological polar surface area (TPSA) is 38.3 Å². The van der Waals surface area contributed by atoms with Crippen LogP contribution in [0.2, 0.25) is 0 Å². The molecule has 1 atom stereocenters. The summed E-state index contributed by atoms with van der Waals surface area (Å²) in [5.74, 6) is 0.637. The molecule has 0 bridgehead atoms. The average Bonchev–Trinajstić information content (AvgIpc) is 2.56. The van der Waals surface area contributed by atoms with Gasteiger partial charge < -0.3 is 10.1 Å². The normalized spacial score (nSPS) is 11.7. The molecule has 0 aliphatic carbocycles. The van der Waals surface area contributed by atoms with E-state index in [0.717, 1.165) is 37.1 Å². The summed E-state index contributed by atoms with van der Waals surface area (Å²) in [4.78, 5) is 12.5. The molecule has 2 rings (SSSR count). The van der Waals surface area contributed by atoms with Crippen LogP contribution in [0, 0.1) is 0 Å². The van der Waals surface area contributed by atoms with Gasteiger partial charge in [-0.2, -0.15) is 0 Å². The molecular formula is C19H23NO2.